The third-order valence-corrected chi connectivity index (χ3v) is 2.28. The first-order valence-electron chi connectivity index (χ1n) is 4.45. The maximum absolute atomic E-state index is 11.3. The molecule has 3 N–H and O–H groups in total. The number of aliphatic hydroxyl groups excluding tert-OH is 1. The van der Waals surface area contributed by atoms with Gasteiger partial charge in [-0.05, 0) is 0 Å². The number of hydrogen-bond donors (Lipinski definition) is 2. The Kier molecular flexibility index (Phi) is 3.45. The Morgan fingerprint density at radius 3 is 3.00 bits per heavy atom. The lowest BCUT2D eigenvalue weighted by atomic mass is 10.1. The van der Waals surface area contributed by atoms with Crippen LogP contribution in [-0.4, -0.2) is 41.7 Å². The van der Waals surface area contributed by atoms with Gasteiger partial charge in [0, 0.05) is 32.0 Å². The predicted octanol–water partition coefficient (Wildman–Crippen LogP) is -0.659. The summed E-state index contributed by atoms with van der Waals surface area (Å²) in [6.07, 6.45) is 1.69. The third kappa shape index (κ3) is 2.54. The van der Waals surface area contributed by atoms with Gasteiger partial charge < -0.3 is 15.7 Å². The zero-order chi connectivity index (χ0) is 9.84. The number of hydrogen-bond acceptors (Lipinski definition) is 3. The largest absolute Gasteiger partial charge is 0.390 e. The number of likely N-dealkylation sites (tertiary alicyclic amines) is 1. The molecule has 0 aliphatic carbocycles. The zero-order valence-corrected chi connectivity index (χ0v) is 7.65. The molecule has 4 heteroatoms. The fourth-order valence-corrected chi connectivity index (χ4v) is 1.47. The molecular formula is C9H16N2O2. The maximum Gasteiger partial charge on any atom is 0.223 e. The van der Waals surface area contributed by atoms with E-state index < -0.39 is 6.10 Å². The summed E-state index contributed by atoms with van der Waals surface area (Å²) in [7, 11) is 0. The molecule has 1 heterocycles. The number of β-amino-alcohol motifs (C(OH)–C–C–N with tert-alkyl or cyclic N) is 1. The van der Waals surface area contributed by atoms with E-state index in [0.29, 0.717) is 19.5 Å². The van der Waals surface area contributed by atoms with Gasteiger partial charge in [-0.3, -0.25) is 4.79 Å². The molecule has 2 atom stereocenters. The molecule has 4 nitrogen and oxygen atoms in total. The van der Waals surface area contributed by atoms with E-state index in [1.165, 1.54) is 0 Å². The van der Waals surface area contributed by atoms with Crippen molar-refractivity contribution in [3.05, 3.63) is 12.7 Å². The second-order valence-electron chi connectivity index (χ2n) is 3.39. The van der Waals surface area contributed by atoms with E-state index in [4.69, 9.17) is 5.73 Å². The van der Waals surface area contributed by atoms with Crippen molar-refractivity contribution in [1.29, 1.82) is 0 Å². The smallest absolute Gasteiger partial charge is 0.223 e. The second kappa shape index (κ2) is 4.39. The Hall–Kier alpha value is -0.870. The molecule has 1 amide bonds. The molecule has 1 rings (SSSR count). The van der Waals surface area contributed by atoms with Crippen molar-refractivity contribution in [2.75, 3.05) is 19.6 Å². The van der Waals surface area contributed by atoms with Gasteiger partial charge in [-0.1, -0.05) is 6.08 Å². The van der Waals surface area contributed by atoms with Crippen molar-refractivity contribution >= 4 is 5.91 Å². The van der Waals surface area contributed by atoms with Gasteiger partial charge in [0.15, 0.2) is 0 Å². The van der Waals surface area contributed by atoms with Crippen molar-refractivity contribution in [1.82, 2.24) is 4.90 Å². The average Bonchev–Trinajstić information content (AvgIpc) is 2.47. The third-order valence-electron chi connectivity index (χ3n) is 2.28. The Morgan fingerprint density at radius 2 is 2.54 bits per heavy atom. The molecule has 0 radical (unpaired) electrons. The number of nitrogens with zero attached hydrogens (tertiary/aromatic N) is 1. The SMILES string of the molecule is C=CC1CC(=O)N(CC(O)CN)C1. The van der Waals surface area contributed by atoms with Crippen LogP contribution in [0.3, 0.4) is 0 Å². The summed E-state index contributed by atoms with van der Waals surface area (Å²) in [5.41, 5.74) is 5.25. The number of carbonyl (C=O) groups is 1. The van der Waals surface area contributed by atoms with Crippen LogP contribution in [0.5, 0.6) is 0 Å². The standard InChI is InChI=1S/C9H16N2O2/c1-2-7-3-9(13)11(5-7)6-8(12)4-10/h2,7-8,12H,1,3-6,10H2. The highest BCUT2D eigenvalue weighted by Crippen LogP contribution is 2.18. The monoisotopic (exact) mass is 184 g/mol. The molecule has 0 saturated carbocycles. The van der Waals surface area contributed by atoms with Gasteiger partial charge in [0.05, 0.1) is 6.10 Å². The van der Waals surface area contributed by atoms with E-state index in [1.54, 1.807) is 11.0 Å². The minimum absolute atomic E-state index is 0.0809. The molecule has 0 spiro atoms. The van der Waals surface area contributed by atoms with Crippen molar-refractivity contribution in [2.24, 2.45) is 11.7 Å². The summed E-state index contributed by atoms with van der Waals surface area (Å²) >= 11 is 0. The van der Waals surface area contributed by atoms with Crippen molar-refractivity contribution in [3.8, 4) is 0 Å². The molecule has 1 fully saturated rings. The van der Waals surface area contributed by atoms with Gasteiger partial charge in [-0.2, -0.15) is 0 Å². The summed E-state index contributed by atoms with van der Waals surface area (Å²) in [6.45, 7) is 4.85. The molecule has 74 valence electrons. The van der Waals surface area contributed by atoms with Crippen LogP contribution in [0.2, 0.25) is 0 Å². The number of rotatable bonds is 4. The van der Waals surface area contributed by atoms with Crippen molar-refractivity contribution in [3.63, 3.8) is 0 Å². The van der Waals surface area contributed by atoms with Crippen molar-refractivity contribution in [2.45, 2.75) is 12.5 Å². The van der Waals surface area contributed by atoms with Crippen LogP contribution in [0.25, 0.3) is 0 Å². The Balaban J connectivity index is 2.43. The lowest BCUT2D eigenvalue weighted by Crippen LogP contribution is -2.37. The van der Waals surface area contributed by atoms with Crippen LogP contribution in [0.1, 0.15) is 6.42 Å². The molecule has 0 bridgehead atoms. The first-order chi connectivity index (χ1) is 6.17. The van der Waals surface area contributed by atoms with Gasteiger partial charge >= 0.3 is 0 Å². The summed E-state index contributed by atoms with van der Waals surface area (Å²) < 4.78 is 0. The van der Waals surface area contributed by atoms with E-state index in [2.05, 4.69) is 6.58 Å². The van der Waals surface area contributed by atoms with E-state index in [-0.39, 0.29) is 18.4 Å². The van der Waals surface area contributed by atoms with Crippen molar-refractivity contribution < 1.29 is 9.90 Å². The van der Waals surface area contributed by atoms with Crippen LogP contribution < -0.4 is 5.73 Å². The highest BCUT2D eigenvalue weighted by atomic mass is 16.3. The van der Waals surface area contributed by atoms with E-state index in [0.717, 1.165) is 0 Å². The maximum atomic E-state index is 11.3. The van der Waals surface area contributed by atoms with Gasteiger partial charge in [0.2, 0.25) is 5.91 Å². The number of nitrogens with two attached hydrogens (primary N) is 1. The Labute approximate surface area is 78.0 Å². The average molecular weight is 184 g/mol. The second-order valence-corrected chi connectivity index (χ2v) is 3.39. The molecule has 1 saturated heterocycles. The molecule has 0 aromatic rings. The quantitative estimate of drug-likeness (QED) is 0.570. The summed E-state index contributed by atoms with van der Waals surface area (Å²) in [5, 5.41) is 9.25. The van der Waals surface area contributed by atoms with Crippen LogP contribution in [0.15, 0.2) is 12.7 Å². The highest BCUT2D eigenvalue weighted by Gasteiger charge is 2.28. The van der Waals surface area contributed by atoms with Crippen LogP contribution >= 0.6 is 0 Å². The first kappa shape index (κ1) is 10.2. The van der Waals surface area contributed by atoms with Gasteiger partial charge in [-0.25, -0.2) is 0 Å². The Morgan fingerprint density at radius 1 is 1.85 bits per heavy atom. The normalized spacial score (nSPS) is 24.9. The summed E-state index contributed by atoms with van der Waals surface area (Å²) in [5.74, 6) is 0.315. The lowest BCUT2D eigenvalue weighted by Gasteiger charge is -2.18. The minimum atomic E-state index is -0.604. The van der Waals surface area contributed by atoms with Gasteiger partial charge in [0.25, 0.3) is 0 Å². The first-order valence-corrected chi connectivity index (χ1v) is 4.45. The van der Waals surface area contributed by atoms with Crippen LogP contribution in [-0.2, 0) is 4.79 Å². The molecule has 1 aliphatic rings. The topological polar surface area (TPSA) is 66.6 Å². The molecule has 0 aromatic heterocycles. The summed E-state index contributed by atoms with van der Waals surface area (Å²) in [4.78, 5) is 13.0. The molecule has 13 heavy (non-hydrogen) atoms. The van der Waals surface area contributed by atoms with Crippen LogP contribution in [0.4, 0.5) is 0 Å². The lowest BCUT2D eigenvalue weighted by molar-refractivity contribution is -0.128. The van der Waals surface area contributed by atoms with Crippen LogP contribution in [0, 0.1) is 5.92 Å². The zero-order valence-electron chi connectivity index (χ0n) is 7.65. The van der Waals surface area contributed by atoms with E-state index >= 15 is 0 Å². The summed E-state index contributed by atoms with van der Waals surface area (Å²) in [6, 6.07) is 0. The fraction of sp³-hybridized carbons (Fsp3) is 0.667. The van der Waals surface area contributed by atoms with E-state index in [1.807, 2.05) is 0 Å². The fourth-order valence-electron chi connectivity index (χ4n) is 1.47. The Bertz CT molecular complexity index is 206. The highest BCUT2D eigenvalue weighted by molar-refractivity contribution is 5.79. The van der Waals surface area contributed by atoms with Gasteiger partial charge in [-0.15, -0.1) is 6.58 Å². The number of amides is 1. The number of aliphatic hydroxyl groups is 1. The van der Waals surface area contributed by atoms with E-state index in [9.17, 15) is 9.90 Å². The minimum Gasteiger partial charge on any atom is -0.390 e. The number of carbonyl (C=O) groups excluding carboxylic acids is 1. The molecular weight excluding hydrogens is 168 g/mol. The van der Waals surface area contributed by atoms with Gasteiger partial charge in [0.1, 0.15) is 0 Å². The molecule has 2 unspecified atom stereocenters. The molecule has 1 aliphatic heterocycles. The molecule has 0 aromatic carbocycles. The predicted molar refractivity (Wildman–Crippen MR) is 49.9 cm³/mol.